The number of aromatic nitrogens is 1. The zero-order valence-corrected chi connectivity index (χ0v) is 13.6. The second-order valence-electron chi connectivity index (χ2n) is 5.11. The van der Waals surface area contributed by atoms with Crippen LogP contribution in [0.2, 0.25) is 5.02 Å². The number of thiazole rings is 1. The molecule has 108 valence electrons. The molecule has 2 atom stereocenters. The summed E-state index contributed by atoms with van der Waals surface area (Å²) in [5.41, 5.74) is 8.17. The van der Waals surface area contributed by atoms with Crippen LogP contribution in [-0.4, -0.2) is 16.9 Å². The lowest BCUT2D eigenvalue weighted by Crippen LogP contribution is -2.22. The van der Waals surface area contributed by atoms with E-state index in [-0.39, 0.29) is 6.04 Å². The van der Waals surface area contributed by atoms with Gasteiger partial charge in [-0.1, -0.05) is 23.7 Å². The second-order valence-corrected chi connectivity index (χ2v) is 6.43. The Labute approximate surface area is 129 Å². The smallest absolute Gasteiger partial charge is 0.109 e. The molecule has 0 bridgehead atoms. The van der Waals surface area contributed by atoms with Gasteiger partial charge < -0.3 is 5.73 Å². The van der Waals surface area contributed by atoms with Crippen molar-refractivity contribution >= 4 is 22.9 Å². The lowest BCUT2D eigenvalue weighted by atomic mass is 10.1. The Morgan fingerprint density at radius 2 is 1.95 bits per heavy atom. The highest BCUT2D eigenvalue weighted by Gasteiger charge is 2.14. The first kappa shape index (κ1) is 15.4. The fourth-order valence-electron chi connectivity index (χ4n) is 1.99. The van der Waals surface area contributed by atoms with Crippen LogP contribution < -0.4 is 5.73 Å². The van der Waals surface area contributed by atoms with E-state index in [9.17, 15) is 0 Å². The molecule has 2 aromatic rings. The summed E-state index contributed by atoms with van der Waals surface area (Å²) in [6, 6.07) is 8.31. The van der Waals surface area contributed by atoms with E-state index in [0.717, 1.165) is 22.3 Å². The zero-order valence-electron chi connectivity index (χ0n) is 12.0. The summed E-state index contributed by atoms with van der Waals surface area (Å²) in [5.74, 6) is 0. The maximum atomic E-state index is 5.92. The first-order valence-electron chi connectivity index (χ1n) is 6.63. The van der Waals surface area contributed by atoms with Crippen LogP contribution in [0.4, 0.5) is 0 Å². The Hall–Kier alpha value is -0.940. The molecule has 0 aliphatic rings. The van der Waals surface area contributed by atoms with Crippen LogP contribution in [0.25, 0.3) is 0 Å². The topological polar surface area (TPSA) is 42.1 Å². The molecular weight excluding hydrogens is 290 g/mol. The van der Waals surface area contributed by atoms with Gasteiger partial charge in [-0.25, -0.2) is 4.98 Å². The first-order chi connectivity index (χ1) is 9.47. The van der Waals surface area contributed by atoms with Gasteiger partial charge in [-0.05, 0) is 38.6 Å². The van der Waals surface area contributed by atoms with Crippen LogP contribution >= 0.6 is 22.9 Å². The Balaban J connectivity index is 2.03. The SMILES string of the molecule is CC(N)c1nc(CN(C)C(C)c2ccc(Cl)cc2)cs1. The highest BCUT2D eigenvalue weighted by atomic mass is 35.5. The third-order valence-electron chi connectivity index (χ3n) is 3.38. The molecule has 0 amide bonds. The fraction of sp³-hybridized carbons (Fsp3) is 0.400. The summed E-state index contributed by atoms with van der Waals surface area (Å²) >= 11 is 7.55. The summed E-state index contributed by atoms with van der Waals surface area (Å²) in [7, 11) is 2.10. The lowest BCUT2D eigenvalue weighted by molar-refractivity contribution is 0.250. The Morgan fingerprint density at radius 3 is 2.50 bits per heavy atom. The number of nitrogens with two attached hydrogens (primary N) is 1. The molecule has 5 heteroatoms. The largest absolute Gasteiger partial charge is 0.322 e. The fourth-order valence-corrected chi connectivity index (χ4v) is 2.89. The van der Waals surface area contributed by atoms with Crippen molar-refractivity contribution in [1.82, 2.24) is 9.88 Å². The molecule has 2 rings (SSSR count). The number of benzene rings is 1. The van der Waals surface area contributed by atoms with Crippen LogP contribution in [0.1, 0.15) is 42.2 Å². The molecule has 0 fully saturated rings. The van der Waals surface area contributed by atoms with Crippen molar-refractivity contribution in [2.75, 3.05) is 7.05 Å². The van der Waals surface area contributed by atoms with Crippen LogP contribution in [-0.2, 0) is 6.54 Å². The molecule has 20 heavy (non-hydrogen) atoms. The van der Waals surface area contributed by atoms with Crippen molar-refractivity contribution < 1.29 is 0 Å². The minimum Gasteiger partial charge on any atom is -0.322 e. The quantitative estimate of drug-likeness (QED) is 0.907. The Bertz CT molecular complexity index is 551. The number of hydrogen-bond donors (Lipinski definition) is 1. The van der Waals surface area contributed by atoms with Gasteiger partial charge in [-0.3, -0.25) is 4.90 Å². The minimum absolute atomic E-state index is 0.00717. The predicted octanol–water partition coefficient (Wildman–Crippen LogP) is 4.01. The van der Waals surface area contributed by atoms with Crippen LogP contribution in [0.5, 0.6) is 0 Å². The van der Waals surface area contributed by atoms with E-state index in [2.05, 4.69) is 41.4 Å². The third kappa shape index (κ3) is 3.79. The minimum atomic E-state index is 0.00717. The van der Waals surface area contributed by atoms with Gasteiger partial charge in [0.1, 0.15) is 5.01 Å². The van der Waals surface area contributed by atoms with Crippen molar-refractivity contribution in [3.63, 3.8) is 0 Å². The predicted molar refractivity (Wildman–Crippen MR) is 86.1 cm³/mol. The normalized spacial score (nSPS) is 14.5. The maximum Gasteiger partial charge on any atom is 0.109 e. The van der Waals surface area contributed by atoms with E-state index in [4.69, 9.17) is 17.3 Å². The molecular formula is C15H20ClN3S. The summed E-state index contributed by atoms with van der Waals surface area (Å²) < 4.78 is 0. The summed E-state index contributed by atoms with van der Waals surface area (Å²) in [5, 5.41) is 3.85. The van der Waals surface area contributed by atoms with E-state index < -0.39 is 0 Å². The third-order valence-corrected chi connectivity index (χ3v) is 4.73. The van der Waals surface area contributed by atoms with Gasteiger partial charge in [-0.15, -0.1) is 11.3 Å². The van der Waals surface area contributed by atoms with Gasteiger partial charge in [0, 0.05) is 23.0 Å². The van der Waals surface area contributed by atoms with Gasteiger partial charge in [0.2, 0.25) is 0 Å². The van der Waals surface area contributed by atoms with Crippen LogP contribution in [0.15, 0.2) is 29.6 Å². The van der Waals surface area contributed by atoms with Gasteiger partial charge >= 0.3 is 0 Å². The average Bonchev–Trinajstić information content (AvgIpc) is 2.87. The van der Waals surface area contributed by atoms with Gasteiger partial charge in [0.25, 0.3) is 0 Å². The first-order valence-corrected chi connectivity index (χ1v) is 7.88. The number of nitrogens with zero attached hydrogens (tertiary/aromatic N) is 2. The van der Waals surface area contributed by atoms with Gasteiger partial charge in [-0.2, -0.15) is 0 Å². The van der Waals surface area contributed by atoms with E-state index in [0.29, 0.717) is 6.04 Å². The lowest BCUT2D eigenvalue weighted by Gasteiger charge is -2.24. The number of rotatable bonds is 5. The van der Waals surface area contributed by atoms with Gasteiger partial charge in [0.15, 0.2) is 0 Å². The van der Waals surface area contributed by atoms with Gasteiger partial charge in [0.05, 0.1) is 11.7 Å². The van der Waals surface area contributed by atoms with Crippen molar-refractivity contribution in [1.29, 1.82) is 0 Å². The van der Waals surface area contributed by atoms with Crippen LogP contribution in [0, 0.1) is 0 Å². The standard InChI is InChI=1S/C15H20ClN3S/c1-10(17)15-18-14(9-20-15)8-19(3)11(2)12-4-6-13(16)7-5-12/h4-7,9-11H,8,17H2,1-3H3. The maximum absolute atomic E-state index is 5.92. The average molecular weight is 310 g/mol. The molecule has 1 heterocycles. The Kier molecular flexibility index (Phi) is 5.16. The monoisotopic (exact) mass is 309 g/mol. The second kappa shape index (κ2) is 6.68. The van der Waals surface area contributed by atoms with E-state index in [1.165, 1.54) is 5.56 Å². The molecule has 0 spiro atoms. The molecule has 1 aromatic carbocycles. The molecule has 2 unspecified atom stereocenters. The molecule has 0 saturated heterocycles. The molecule has 0 radical (unpaired) electrons. The summed E-state index contributed by atoms with van der Waals surface area (Å²) in [4.78, 5) is 6.84. The highest BCUT2D eigenvalue weighted by molar-refractivity contribution is 7.09. The Morgan fingerprint density at radius 1 is 1.30 bits per heavy atom. The van der Waals surface area contributed by atoms with E-state index >= 15 is 0 Å². The van der Waals surface area contributed by atoms with Crippen molar-refractivity contribution in [2.24, 2.45) is 5.73 Å². The number of halogens is 1. The van der Waals surface area contributed by atoms with Crippen LogP contribution in [0.3, 0.4) is 0 Å². The molecule has 2 N–H and O–H groups in total. The van der Waals surface area contributed by atoms with E-state index in [1.54, 1.807) is 11.3 Å². The van der Waals surface area contributed by atoms with Crippen molar-refractivity contribution in [3.05, 3.63) is 50.9 Å². The zero-order chi connectivity index (χ0) is 14.7. The summed E-state index contributed by atoms with van der Waals surface area (Å²) in [6.07, 6.45) is 0. The summed E-state index contributed by atoms with van der Waals surface area (Å²) in [6.45, 7) is 4.96. The molecule has 0 aliphatic heterocycles. The van der Waals surface area contributed by atoms with Crippen molar-refractivity contribution in [3.8, 4) is 0 Å². The highest BCUT2D eigenvalue weighted by Crippen LogP contribution is 2.23. The molecule has 3 nitrogen and oxygen atoms in total. The number of hydrogen-bond acceptors (Lipinski definition) is 4. The molecule has 0 aliphatic carbocycles. The molecule has 0 saturated carbocycles. The van der Waals surface area contributed by atoms with E-state index in [1.807, 2.05) is 19.1 Å². The van der Waals surface area contributed by atoms with Crippen molar-refractivity contribution in [2.45, 2.75) is 32.5 Å². The molecule has 1 aromatic heterocycles.